The number of fused-ring (bicyclic) bond motifs is 3. The Morgan fingerprint density at radius 2 is 1.94 bits per heavy atom. The first-order valence-corrected chi connectivity index (χ1v) is 9.44. The molecule has 3 atom stereocenters. The fourth-order valence-electron chi connectivity index (χ4n) is 3.75. The van der Waals surface area contributed by atoms with Crippen molar-refractivity contribution in [1.29, 1.82) is 0 Å². The maximum absolute atomic E-state index is 14.2. The first-order valence-electron chi connectivity index (χ1n) is 9.44. The molecule has 1 aliphatic carbocycles. The van der Waals surface area contributed by atoms with E-state index in [0.29, 0.717) is 0 Å². The Kier molecular flexibility index (Phi) is 4.61. The molecule has 2 unspecified atom stereocenters. The van der Waals surface area contributed by atoms with Gasteiger partial charge in [-0.05, 0) is 36.4 Å². The molecule has 2 aromatic heterocycles. The maximum Gasteiger partial charge on any atom is 0.320 e. The average molecular weight is 428 g/mol. The second-order valence-electron chi connectivity index (χ2n) is 7.17. The van der Waals surface area contributed by atoms with E-state index in [1.807, 2.05) is 0 Å². The lowest BCUT2D eigenvalue weighted by Crippen LogP contribution is -2.32. The molecule has 5 rings (SSSR count). The van der Waals surface area contributed by atoms with E-state index in [9.17, 15) is 18.0 Å². The molecule has 3 heterocycles. The number of hydrogen-bond donors (Lipinski definition) is 2. The van der Waals surface area contributed by atoms with Crippen LogP contribution in [0.3, 0.4) is 0 Å². The highest BCUT2D eigenvalue weighted by Crippen LogP contribution is 2.55. The van der Waals surface area contributed by atoms with Crippen LogP contribution in [0.15, 0.2) is 48.8 Å². The van der Waals surface area contributed by atoms with Gasteiger partial charge < -0.3 is 14.8 Å². The second-order valence-corrected chi connectivity index (χ2v) is 7.17. The average Bonchev–Trinajstić information content (AvgIpc) is 3.46. The normalized spacial score (nSPS) is 20.7. The van der Waals surface area contributed by atoms with E-state index in [-0.39, 0.29) is 53.1 Å². The molecule has 10 heteroatoms. The Bertz CT molecular complexity index is 1160. The standard InChI is InChI=1S/C21H15F3N4O3/c22-12-4-5-13(23)19-17(12)16-11(9-30-19)18(16)28-21(29)27-15-6-3-10(8-26-15)31-14-2-1-7-25-20(14)24/h1-8,11,16,18H,9H2,(H2,26,27,28,29)/t11?,16?,18-/m1/s1. The number of benzene rings is 1. The zero-order valence-corrected chi connectivity index (χ0v) is 15.8. The van der Waals surface area contributed by atoms with Gasteiger partial charge in [-0.15, -0.1) is 0 Å². The molecule has 0 spiro atoms. The number of anilines is 1. The fourth-order valence-corrected chi connectivity index (χ4v) is 3.75. The van der Waals surface area contributed by atoms with Gasteiger partial charge >= 0.3 is 6.03 Å². The monoisotopic (exact) mass is 428 g/mol. The summed E-state index contributed by atoms with van der Waals surface area (Å²) >= 11 is 0. The van der Waals surface area contributed by atoms with Crippen LogP contribution in [-0.4, -0.2) is 28.6 Å². The van der Waals surface area contributed by atoms with Crippen molar-refractivity contribution in [2.24, 2.45) is 5.92 Å². The van der Waals surface area contributed by atoms with Crippen LogP contribution in [0.2, 0.25) is 0 Å². The molecule has 0 saturated heterocycles. The largest absolute Gasteiger partial charge is 0.490 e. The highest BCUT2D eigenvalue weighted by Gasteiger charge is 2.57. The number of ether oxygens (including phenoxy) is 2. The molecule has 0 radical (unpaired) electrons. The smallest absolute Gasteiger partial charge is 0.320 e. The van der Waals surface area contributed by atoms with Gasteiger partial charge in [0.15, 0.2) is 17.3 Å². The molecule has 1 aromatic carbocycles. The zero-order valence-electron chi connectivity index (χ0n) is 15.8. The summed E-state index contributed by atoms with van der Waals surface area (Å²) in [6.45, 7) is 0.193. The summed E-state index contributed by atoms with van der Waals surface area (Å²) in [5.41, 5.74) is 0.156. The van der Waals surface area contributed by atoms with Crippen LogP contribution in [0, 0.1) is 23.5 Å². The summed E-state index contributed by atoms with van der Waals surface area (Å²) in [5.74, 6) is -2.06. The quantitative estimate of drug-likeness (QED) is 0.614. The summed E-state index contributed by atoms with van der Waals surface area (Å²) in [6, 6.07) is 7.10. The summed E-state index contributed by atoms with van der Waals surface area (Å²) in [5, 5.41) is 5.31. The lowest BCUT2D eigenvalue weighted by Gasteiger charge is -2.16. The maximum atomic E-state index is 14.2. The van der Waals surface area contributed by atoms with Crippen molar-refractivity contribution >= 4 is 11.8 Å². The second kappa shape index (κ2) is 7.46. The third-order valence-electron chi connectivity index (χ3n) is 5.25. The molecule has 2 amide bonds. The number of carbonyl (C=O) groups is 1. The molecule has 2 aliphatic rings. The first kappa shape index (κ1) is 19.2. The Balaban J connectivity index is 1.21. The minimum Gasteiger partial charge on any atom is -0.490 e. The molecule has 1 aliphatic heterocycles. The molecule has 158 valence electrons. The molecular formula is C21H15F3N4O3. The summed E-state index contributed by atoms with van der Waals surface area (Å²) < 4.78 is 52.3. The van der Waals surface area contributed by atoms with Crippen molar-refractivity contribution in [3.05, 3.63) is 71.9 Å². The molecular weight excluding hydrogens is 413 g/mol. The summed E-state index contributed by atoms with van der Waals surface area (Å²) in [4.78, 5) is 19.9. The van der Waals surface area contributed by atoms with E-state index in [2.05, 4.69) is 20.6 Å². The van der Waals surface area contributed by atoms with E-state index in [0.717, 1.165) is 12.1 Å². The number of nitrogens with zero attached hydrogens (tertiary/aromatic N) is 2. The Morgan fingerprint density at radius 1 is 1.10 bits per heavy atom. The molecule has 1 fully saturated rings. The number of aromatic nitrogens is 2. The number of nitrogens with one attached hydrogen (secondary N) is 2. The van der Waals surface area contributed by atoms with E-state index in [1.165, 1.54) is 36.7 Å². The highest BCUT2D eigenvalue weighted by atomic mass is 19.1. The van der Waals surface area contributed by atoms with Gasteiger partial charge in [0, 0.05) is 29.6 Å². The minimum atomic E-state index is -0.753. The van der Waals surface area contributed by atoms with Gasteiger partial charge in [0.25, 0.3) is 5.95 Å². The summed E-state index contributed by atoms with van der Waals surface area (Å²) in [6.07, 6.45) is 2.62. The number of hydrogen-bond acceptors (Lipinski definition) is 5. The van der Waals surface area contributed by atoms with Gasteiger partial charge in [0.1, 0.15) is 17.4 Å². The number of halogens is 3. The van der Waals surface area contributed by atoms with Crippen molar-refractivity contribution in [3.63, 3.8) is 0 Å². The third-order valence-corrected chi connectivity index (χ3v) is 5.25. The van der Waals surface area contributed by atoms with Crippen molar-refractivity contribution in [2.75, 3.05) is 11.9 Å². The van der Waals surface area contributed by atoms with Gasteiger partial charge in [-0.25, -0.2) is 23.5 Å². The predicted molar refractivity (Wildman–Crippen MR) is 103 cm³/mol. The minimum absolute atomic E-state index is 0.0507. The molecule has 0 bridgehead atoms. The molecule has 2 N–H and O–H groups in total. The van der Waals surface area contributed by atoms with Gasteiger partial charge in [-0.2, -0.15) is 4.39 Å². The Labute approximate surface area is 174 Å². The Hall–Kier alpha value is -3.82. The van der Waals surface area contributed by atoms with E-state index < -0.39 is 23.6 Å². The van der Waals surface area contributed by atoms with Gasteiger partial charge in [0.2, 0.25) is 0 Å². The van der Waals surface area contributed by atoms with Crippen molar-refractivity contribution in [2.45, 2.75) is 12.0 Å². The van der Waals surface area contributed by atoms with E-state index in [4.69, 9.17) is 9.47 Å². The number of amides is 2. The number of urea groups is 1. The number of pyridine rings is 2. The lowest BCUT2D eigenvalue weighted by molar-refractivity contribution is 0.247. The van der Waals surface area contributed by atoms with E-state index in [1.54, 1.807) is 0 Å². The van der Waals surface area contributed by atoms with Crippen LogP contribution >= 0.6 is 0 Å². The summed E-state index contributed by atoms with van der Waals surface area (Å²) in [7, 11) is 0. The topological polar surface area (TPSA) is 85.4 Å². The van der Waals surface area contributed by atoms with Crippen molar-refractivity contribution in [1.82, 2.24) is 15.3 Å². The van der Waals surface area contributed by atoms with E-state index >= 15 is 0 Å². The van der Waals surface area contributed by atoms with Crippen LogP contribution in [-0.2, 0) is 0 Å². The Morgan fingerprint density at radius 3 is 2.71 bits per heavy atom. The van der Waals surface area contributed by atoms with Crippen LogP contribution in [0.1, 0.15) is 11.5 Å². The van der Waals surface area contributed by atoms with Crippen molar-refractivity contribution in [3.8, 4) is 17.2 Å². The lowest BCUT2D eigenvalue weighted by atomic mass is 10.0. The first-order chi connectivity index (χ1) is 15.0. The number of carbonyl (C=O) groups excluding carboxylic acids is 1. The molecule has 7 nitrogen and oxygen atoms in total. The van der Waals surface area contributed by atoms with Crippen LogP contribution in [0.4, 0.5) is 23.8 Å². The predicted octanol–water partition coefficient (Wildman–Crippen LogP) is 3.98. The molecule has 3 aromatic rings. The van der Waals surface area contributed by atoms with Crippen LogP contribution in [0.25, 0.3) is 0 Å². The SMILES string of the molecule is O=C(Nc1ccc(Oc2cccnc2F)cn1)N[C@@H]1C2COc3c(F)ccc(F)c3C21. The van der Waals surface area contributed by atoms with Gasteiger partial charge in [0.05, 0.1) is 12.8 Å². The number of rotatable bonds is 4. The van der Waals surface area contributed by atoms with Crippen molar-refractivity contribution < 1.29 is 27.4 Å². The molecule has 1 saturated carbocycles. The highest BCUT2D eigenvalue weighted by molar-refractivity contribution is 5.89. The van der Waals surface area contributed by atoms with Crippen LogP contribution in [0.5, 0.6) is 17.2 Å². The fraction of sp³-hybridized carbons (Fsp3) is 0.190. The van der Waals surface area contributed by atoms with Gasteiger partial charge in [-0.1, -0.05) is 0 Å². The van der Waals surface area contributed by atoms with Crippen LogP contribution < -0.4 is 20.1 Å². The van der Waals surface area contributed by atoms with Gasteiger partial charge in [-0.3, -0.25) is 5.32 Å². The third kappa shape index (κ3) is 3.60. The molecule has 31 heavy (non-hydrogen) atoms. The zero-order chi connectivity index (χ0) is 21.5.